The molecular weight excluding hydrogens is 354 g/mol. The van der Waals surface area contributed by atoms with Crippen LogP contribution in [-0.2, 0) is 17.6 Å². The number of carbonyl (C=O) groups excluding carboxylic acids is 3. The molecule has 0 saturated heterocycles. The summed E-state index contributed by atoms with van der Waals surface area (Å²) in [4.78, 5) is 36.9. The minimum atomic E-state index is -0.515. The Balaban J connectivity index is 1.60. The van der Waals surface area contributed by atoms with Crippen LogP contribution >= 0.6 is 11.3 Å². The smallest absolute Gasteiger partial charge is 0.286 e. The van der Waals surface area contributed by atoms with Gasteiger partial charge in [-0.2, -0.15) is 0 Å². The van der Waals surface area contributed by atoms with Crippen LogP contribution in [0, 0.1) is 5.92 Å². The molecule has 0 unspecified atom stereocenters. The number of fused-ring (bicyclic) bond motifs is 1. The zero-order valence-electron chi connectivity index (χ0n) is 14.5. The summed E-state index contributed by atoms with van der Waals surface area (Å²) in [6.07, 6.45) is 4.21. The zero-order chi connectivity index (χ0) is 18.7. The van der Waals surface area contributed by atoms with Crippen molar-refractivity contribution in [2.45, 2.75) is 32.6 Å². The highest BCUT2D eigenvalue weighted by molar-refractivity contribution is 7.17. The third-order valence-electron chi connectivity index (χ3n) is 4.39. The van der Waals surface area contributed by atoms with Crippen LogP contribution in [0.4, 0.5) is 5.00 Å². The van der Waals surface area contributed by atoms with Gasteiger partial charge in [-0.25, -0.2) is 0 Å². The van der Waals surface area contributed by atoms with E-state index in [2.05, 4.69) is 17.6 Å². The summed E-state index contributed by atoms with van der Waals surface area (Å²) in [6.45, 7) is 2.34. The molecule has 3 rings (SSSR count). The molecule has 0 aromatic carbocycles. The van der Waals surface area contributed by atoms with Gasteiger partial charge in [-0.05, 0) is 42.9 Å². The fourth-order valence-corrected chi connectivity index (χ4v) is 4.51. The standard InChI is InChI=1S/C18H21N3O4S/c1-10-4-5-11-13(9-10)26-18(15(11)16(19)23)21-14(22)6-7-20-17(24)12-3-2-8-25-12/h2-3,8,10H,4-7,9H2,1H3,(H2,19,23)(H,20,24)(H,21,22)/t10-/m1/s1. The number of anilines is 1. The monoisotopic (exact) mass is 375 g/mol. The summed E-state index contributed by atoms with van der Waals surface area (Å²) >= 11 is 1.43. The second kappa shape index (κ2) is 7.74. The molecule has 0 fully saturated rings. The second-order valence-corrected chi connectivity index (χ2v) is 7.56. The molecule has 2 heterocycles. The van der Waals surface area contributed by atoms with Gasteiger partial charge in [-0.3, -0.25) is 14.4 Å². The first-order valence-electron chi connectivity index (χ1n) is 8.51. The number of nitrogens with one attached hydrogen (secondary N) is 2. The van der Waals surface area contributed by atoms with Gasteiger partial charge < -0.3 is 20.8 Å². The highest BCUT2D eigenvalue weighted by Gasteiger charge is 2.27. The number of nitrogens with two attached hydrogens (primary N) is 1. The summed E-state index contributed by atoms with van der Waals surface area (Å²) in [5, 5.41) is 5.90. The Hall–Kier alpha value is -2.61. The summed E-state index contributed by atoms with van der Waals surface area (Å²) in [5.41, 5.74) is 6.95. The van der Waals surface area contributed by atoms with E-state index in [-0.39, 0.29) is 30.5 Å². The molecule has 26 heavy (non-hydrogen) atoms. The first-order chi connectivity index (χ1) is 12.5. The van der Waals surface area contributed by atoms with Gasteiger partial charge >= 0.3 is 0 Å². The van der Waals surface area contributed by atoms with Gasteiger partial charge in [0.05, 0.1) is 11.8 Å². The Morgan fingerprint density at radius 3 is 2.88 bits per heavy atom. The number of thiophene rings is 1. The van der Waals surface area contributed by atoms with Crippen molar-refractivity contribution in [1.82, 2.24) is 5.32 Å². The van der Waals surface area contributed by atoms with Crippen molar-refractivity contribution in [3.8, 4) is 0 Å². The number of furan rings is 1. The van der Waals surface area contributed by atoms with Gasteiger partial charge in [-0.1, -0.05) is 6.92 Å². The van der Waals surface area contributed by atoms with Gasteiger partial charge in [0, 0.05) is 17.8 Å². The molecule has 138 valence electrons. The summed E-state index contributed by atoms with van der Waals surface area (Å²) in [5.74, 6) is -0.415. The normalized spacial score (nSPS) is 16.0. The Kier molecular flexibility index (Phi) is 5.41. The summed E-state index contributed by atoms with van der Waals surface area (Å²) in [6, 6.07) is 3.16. The van der Waals surface area contributed by atoms with Crippen LogP contribution in [0.3, 0.4) is 0 Å². The van der Waals surface area contributed by atoms with E-state index in [1.54, 1.807) is 12.1 Å². The van der Waals surface area contributed by atoms with Crippen molar-refractivity contribution in [3.63, 3.8) is 0 Å². The van der Waals surface area contributed by atoms with Crippen LogP contribution in [0.2, 0.25) is 0 Å². The molecule has 8 heteroatoms. The van der Waals surface area contributed by atoms with Crippen LogP contribution in [0.1, 0.15) is 51.1 Å². The van der Waals surface area contributed by atoms with E-state index in [4.69, 9.17) is 10.2 Å². The van der Waals surface area contributed by atoms with Crippen molar-refractivity contribution in [2.75, 3.05) is 11.9 Å². The molecule has 0 spiro atoms. The third kappa shape index (κ3) is 3.96. The molecule has 1 atom stereocenters. The summed E-state index contributed by atoms with van der Waals surface area (Å²) < 4.78 is 4.98. The van der Waals surface area contributed by atoms with Crippen LogP contribution < -0.4 is 16.4 Å². The predicted octanol–water partition coefficient (Wildman–Crippen LogP) is 2.32. The van der Waals surface area contributed by atoms with E-state index >= 15 is 0 Å². The molecule has 1 aliphatic carbocycles. The van der Waals surface area contributed by atoms with Crippen LogP contribution in [0.25, 0.3) is 0 Å². The van der Waals surface area contributed by atoms with Crippen LogP contribution in [0.15, 0.2) is 22.8 Å². The maximum atomic E-state index is 12.2. The lowest BCUT2D eigenvalue weighted by atomic mass is 9.88. The highest BCUT2D eigenvalue weighted by Crippen LogP contribution is 2.39. The number of hydrogen-bond acceptors (Lipinski definition) is 5. The Morgan fingerprint density at radius 2 is 2.19 bits per heavy atom. The number of amides is 3. The van der Waals surface area contributed by atoms with E-state index in [0.29, 0.717) is 16.5 Å². The van der Waals surface area contributed by atoms with Crippen molar-refractivity contribution in [3.05, 3.63) is 40.2 Å². The molecule has 4 N–H and O–H groups in total. The largest absolute Gasteiger partial charge is 0.459 e. The molecule has 0 bridgehead atoms. The van der Waals surface area contributed by atoms with E-state index in [1.165, 1.54) is 17.6 Å². The number of primary amides is 1. The molecule has 0 saturated carbocycles. The van der Waals surface area contributed by atoms with Crippen molar-refractivity contribution >= 4 is 34.1 Å². The van der Waals surface area contributed by atoms with E-state index in [0.717, 1.165) is 29.7 Å². The fourth-order valence-electron chi connectivity index (χ4n) is 3.07. The van der Waals surface area contributed by atoms with Gasteiger partial charge in [0.15, 0.2) is 5.76 Å². The first-order valence-corrected chi connectivity index (χ1v) is 9.33. The molecule has 3 amide bonds. The number of hydrogen-bond donors (Lipinski definition) is 3. The summed E-state index contributed by atoms with van der Waals surface area (Å²) in [7, 11) is 0. The molecule has 0 radical (unpaired) electrons. The Morgan fingerprint density at radius 1 is 1.38 bits per heavy atom. The second-order valence-electron chi connectivity index (χ2n) is 6.45. The highest BCUT2D eigenvalue weighted by atomic mass is 32.1. The van der Waals surface area contributed by atoms with Crippen LogP contribution in [-0.4, -0.2) is 24.3 Å². The minimum absolute atomic E-state index is 0.0869. The van der Waals surface area contributed by atoms with Gasteiger partial charge in [0.25, 0.3) is 11.8 Å². The maximum absolute atomic E-state index is 12.2. The zero-order valence-corrected chi connectivity index (χ0v) is 15.3. The fraction of sp³-hybridized carbons (Fsp3) is 0.389. The average molecular weight is 375 g/mol. The van der Waals surface area contributed by atoms with E-state index in [9.17, 15) is 14.4 Å². The number of rotatable bonds is 6. The quantitative estimate of drug-likeness (QED) is 0.719. The van der Waals surface area contributed by atoms with Crippen molar-refractivity contribution in [2.24, 2.45) is 11.7 Å². The van der Waals surface area contributed by atoms with E-state index in [1.807, 2.05) is 0 Å². The van der Waals surface area contributed by atoms with Gasteiger partial charge in [0.1, 0.15) is 5.00 Å². The van der Waals surface area contributed by atoms with Crippen LogP contribution in [0.5, 0.6) is 0 Å². The van der Waals surface area contributed by atoms with Crippen molar-refractivity contribution in [1.29, 1.82) is 0 Å². The molecule has 1 aliphatic rings. The molecule has 2 aromatic rings. The lowest BCUT2D eigenvalue weighted by Crippen LogP contribution is -2.27. The number of carbonyl (C=O) groups is 3. The lowest BCUT2D eigenvalue weighted by molar-refractivity contribution is -0.116. The third-order valence-corrected chi connectivity index (χ3v) is 5.56. The average Bonchev–Trinajstić information content (AvgIpc) is 3.21. The minimum Gasteiger partial charge on any atom is -0.459 e. The topological polar surface area (TPSA) is 114 Å². The predicted molar refractivity (Wildman–Crippen MR) is 98.3 cm³/mol. The van der Waals surface area contributed by atoms with Gasteiger partial charge in [-0.15, -0.1) is 11.3 Å². The SMILES string of the molecule is C[C@@H]1CCc2c(sc(NC(=O)CCNC(=O)c3ccco3)c2C(N)=O)C1. The molecule has 0 aliphatic heterocycles. The molecular formula is C18H21N3O4S. The Labute approximate surface area is 154 Å². The lowest BCUT2D eigenvalue weighted by Gasteiger charge is -2.18. The molecule has 7 nitrogen and oxygen atoms in total. The van der Waals surface area contributed by atoms with Crippen molar-refractivity contribution < 1.29 is 18.8 Å². The first kappa shape index (κ1) is 18.2. The van der Waals surface area contributed by atoms with E-state index < -0.39 is 5.91 Å². The Bertz CT molecular complexity index is 826. The maximum Gasteiger partial charge on any atom is 0.286 e. The van der Waals surface area contributed by atoms with Gasteiger partial charge in [0.2, 0.25) is 5.91 Å². The molecule has 2 aromatic heterocycles.